The first-order chi connectivity index (χ1) is 14.4. The van der Waals surface area contributed by atoms with E-state index in [1.165, 1.54) is 11.1 Å². The molecule has 5 rings (SSSR count). The summed E-state index contributed by atoms with van der Waals surface area (Å²) in [4.78, 5) is 0. The molecule has 3 nitrogen and oxygen atoms in total. The highest BCUT2D eigenvalue weighted by atomic mass is 16.5. The standard InChI is InChI=1S/C27H25NO2/c1-17-16-27(2,3)28-22-12-11-20-21-15-19(29-4)10-13-23(21)30-24(26(20)25(17)22)14-18-8-6-5-7-9-18/h5-16,28H,1-4H3. The lowest BCUT2D eigenvalue weighted by molar-refractivity contribution is 0.413. The van der Waals surface area contributed by atoms with Gasteiger partial charge in [-0.15, -0.1) is 0 Å². The lowest BCUT2D eigenvalue weighted by atomic mass is 9.83. The Morgan fingerprint density at radius 2 is 1.73 bits per heavy atom. The quantitative estimate of drug-likeness (QED) is 0.514. The highest BCUT2D eigenvalue weighted by Crippen LogP contribution is 2.49. The highest BCUT2D eigenvalue weighted by molar-refractivity contribution is 6.00. The van der Waals surface area contributed by atoms with Crippen LogP contribution in [0.15, 0.2) is 66.7 Å². The second-order valence-corrected chi connectivity index (χ2v) is 8.47. The van der Waals surface area contributed by atoms with Crippen molar-refractivity contribution in [2.75, 3.05) is 12.4 Å². The first-order valence-corrected chi connectivity index (χ1v) is 10.2. The maximum absolute atomic E-state index is 6.48. The Bertz CT molecular complexity index is 1200. The molecular formula is C27H25NO2. The number of fused-ring (bicyclic) bond motifs is 5. The number of ether oxygens (including phenoxy) is 2. The van der Waals surface area contributed by atoms with Gasteiger partial charge in [0, 0.05) is 22.4 Å². The average molecular weight is 396 g/mol. The molecule has 0 aliphatic carbocycles. The molecule has 0 saturated carbocycles. The summed E-state index contributed by atoms with van der Waals surface area (Å²) in [7, 11) is 1.69. The Morgan fingerprint density at radius 1 is 0.933 bits per heavy atom. The molecule has 1 N–H and O–H groups in total. The van der Waals surface area contributed by atoms with E-state index in [-0.39, 0.29) is 5.54 Å². The Morgan fingerprint density at radius 3 is 2.50 bits per heavy atom. The van der Waals surface area contributed by atoms with Crippen molar-refractivity contribution >= 4 is 23.1 Å². The van der Waals surface area contributed by atoms with Crippen molar-refractivity contribution in [3.8, 4) is 22.6 Å². The van der Waals surface area contributed by atoms with Gasteiger partial charge >= 0.3 is 0 Å². The van der Waals surface area contributed by atoms with E-state index in [2.05, 4.69) is 68.6 Å². The highest BCUT2D eigenvalue weighted by Gasteiger charge is 2.31. The van der Waals surface area contributed by atoms with Gasteiger partial charge in [0.2, 0.25) is 0 Å². The summed E-state index contributed by atoms with van der Waals surface area (Å²) in [6.07, 6.45) is 4.41. The molecule has 2 aliphatic rings. The van der Waals surface area contributed by atoms with Gasteiger partial charge in [-0.3, -0.25) is 0 Å². The third kappa shape index (κ3) is 3.07. The van der Waals surface area contributed by atoms with Crippen LogP contribution in [0.2, 0.25) is 0 Å². The summed E-state index contributed by atoms with van der Waals surface area (Å²) in [5.74, 6) is 2.53. The summed E-state index contributed by atoms with van der Waals surface area (Å²) in [6.45, 7) is 6.56. The van der Waals surface area contributed by atoms with E-state index in [4.69, 9.17) is 9.47 Å². The van der Waals surface area contributed by atoms with Crippen molar-refractivity contribution in [3.63, 3.8) is 0 Å². The fraction of sp³-hybridized carbons (Fsp3) is 0.185. The molecule has 2 heterocycles. The van der Waals surface area contributed by atoms with E-state index >= 15 is 0 Å². The van der Waals surface area contributed by atoms with Crippen LogP contribution in [0.25, 0.3) is 28.5 Å². The van der Waals surface area contributed by atoms with Crippen molar-refractivity contribution in [1.82, 2.24) is 0 Å². The fourth-order valence-electron chi connectivity index (χ4n) is 4.50. The van der Waals surface area contributed by atoms with E-state index in [0.29, 0.717) is 0 Å². The van der Waals surface area contributed by atoms with Gasteiger partial charge < -0.3 is 14.8 Å². The number of benzene rings is 3. The number of allylic oxidation sites excluding steroid dienone is 1. The largest absolute Gasteiger partial charge is 0.497 e. The molecule has 3 aromatic carbocycles. The van der Waals surface area contributed by atoms with Crippen LogP contribution in [0, 0.1) is 0 Å². The van der Waals surface area contributed by atoms with E-state index < -0.39 is 0 Å². The summed E-state index contributed by atoms with van der Waals surface area (Å²) >= 11 is 0. The molecular weight excluding hydrogens is 370 g/mol. The monoisotopic (exact) mass is 395 g/mol. The zero-order chi connectivity index (χ0) is 20.9. The Hall–Kier alpha value is -3.46. The molecule has 2 aliphatic heterocycles. The summed E-state index contributed by atoms with van der Waals surface area (Å²) in [5.41, 5.74) is 7.92. The Labute approximate surface area is 177 Å². The minimum atomic E-state index is -0.0920. The second-order valence-electron chi connectivity index (χ2n) is 8.47. The third-order valence-corrected chi connectivity index (χ3v) is 5.67. The number of rotatable bonds is 2. The van der Waals surface area contributed by atoms with E-state index in [1.54, 1.807) is 7.11 Å². The van der Waals surface area contributed by atoms with Gasteiger partial charge in [-0.05, 0) is 67.8 Å². The number of hydrogen-bond acceptors (Lipinski definition) is 3. The van der Waals surface area contributed by atoms with Crippen molar-refractivity contribution in [3.05, 3.63) is 83.4 Å². The normalized spacial score (nSPS) is 17.1. The van der Waals surface area contributed by atoms with Gasteiger partial charge in [0.25, 0.3) is 0 Å². The predicted molar refractivity (Wildman–Crippen MR) is 125 cm³/mol. The lowest BCUT2D eigenvalue weighted by Gasteiger charge is -2.35. The zero-order valence-corrected chi connectivity index (χ0v) is 17.7. The number of methoxy groups -OCH3 is 1. The van der Waals surface area contributed by atoms with Crippen LogP contribution >= 0.6 is 0 Å². The minimum Gasteiger partial charge on any atom is -0.497 e. The van der Waals surface area contributed by atoms with Crippen LogP contribution in [0.4, 0.5) is 5.69 Å². The maximum Gasteiger partial charge on any atom is 0.136 e. The van der Waals surface area contributed by atoms with Gasteiger partial charge in [-0.2, -0.15) is 0 Å². The van der Waals surface area contributed by atoms with Crippen molar-refractivity contribution in [2.45, 2.75) is 26.3 Å². The lowest BCUT2D eigenvalue weighted by Crippen LogP contribution is -2.32. The van der Waals surface area contributed by atoms with E-state index in [9.17, 15) is 0 Å². The van der Waals surface area contributed by atoms with Gasteiger partial charge in [0.05, 0.1) is 12.6 Å². The first-order valence-electron chi connectivity index (χ1n) is 10.2. The smallest absolute Gasteiger partial charge is 0.136 e. The molecule has 0 amide bonds. The summed E-state index contributed by atoms with van der Waals surface area (Å²) in [5, 5.41) is 3.66. The number of nitrogens with one attached hydrogen (secondary N) is 1. The molecule has 0 atom stereocenters. The molecule has 0 aromatic heterocycles. The van der Waals surface area contributed by atoms with Crippen molar-refractivity contribution in [1.29, 1.82) is 0 Å². The van der Waals surface area contributed by atoms with Crippen molar-refractivity contribution in [2.24, 2.45) is 0 Å². The number of anilines is 1. The molecule has 0 spiro atoms. The molecule has 3 heteroatoms. The maximum atomic E-state index is 6.48. The van der Waals surface area contributed by atoms with Crippen LogP contribution in [-0.4, -0.2) is 12.6 Å². The molecule has 0 radical (unpaired) electrons. The van der Waals surface area contributed by atoms with E-state index in [1.807, 2.05) is 30.3 Å². The van der Waals surface area contributed by atoms with Gasteiger partial charge in [-0.25, -0.2) is 0 Å². The predicted octanol–water partition coefficient (Wildman–Crippen LogP) is 6.86. The molecule has 0 unspecified atom stereocenters. The number of hydrogen-bond donors (Lipinski definition) is 1. The minimum absolute atomic E-state index is 0.0920. The van der Waals surface area contributed by atoms with Crippen LogP contribution in [0.5, 0.6) is 11.5 Å². The van der Waals surface area contributed by atoms with Gasteiger partial charge in [0.15, 0.2) is 0 Å². The van der Waals surface area contributed by atoms with Crippen LogP contribution in [0.1, 0.15) is 37.5 Å². The Balaban J connectivity index is 1.80. The molecule has 150 valence electrons. The van der Waals surface area contributed by atoms with Crippen LogP contribution in [-0.2, 0) is 0 Å². The summed E-state index contributed by atoms with van der Waals surface area (Å²) < 4.78 is 12.0. The first kappa shape index (κ1) is 18.6. The van der Waals surface area contributed by atoms with E-state index in [0.717, 1.165) is 45.2 Å². The SMILES string of the molecule is COc1ccc2c(c1)-c1ccc3c(c1C(=Cc1ccccc1)O2)C(C)=CC(C)(C)N3. The second kappa shape index (κ2) is 6.81. The molecule has 3 aromatic rings. The molecule has 0 fully saturated rings. The van der Waals surface area contributed by atoms with Crippen LogP contribution < -0.4 is 14.8 Å². The summed E-state index contributed by atoms with van der Waals surface area (Å²) in [6, 6.07) is 20.7. The zero-order valence-electron chi connectivity index (χ0n) is 17.7. The van der Waals surface area contributed by atoms with Gasteiger partial charge in [-0.1, -0.05) is 42.5 Å². The fourth-order valence-corrected chi connectivity index (χ4v) is 4.50. The third-order valence-electron chi connectivity index (χ3n) is 5.67. The topological polar surface area (TPSA) is 30.5 Å². The molecule has 0 bridgehead atoms. The van der Waals surface area contributed by atoms with Crippen LogP contribution in [0.3, 0.4) is 0 Å². The average Bonchev–Trinajstić information content (AvgIpc) is 2.73. The van der Waals surface area contributed by atoms with Crippen molar-refractivity contribution < 1.29 is 9.47 Å². The Kier molecular flexibility index (Phi) is 4.21. The molecule has 30 heavy (non-hydrogen) atoms. The van der Waals surface area contributed by atoms with Gasteiger partial charge in [0.1, 0.15) is 17.3 Å². The molecule has 0 saturated heterocycles.